The molecule has 0 radical (unpaired) electrons. The van der Waals surface area contributed by atoms with Crippen LogP contribution in [0.25, 0.3) is 0 Å². The Labute approximate surface area is 132 Å². The number of likely N-dealkylation sites (tertiary alicyclic amines) is 1. The molecule has 0 spiro atoms. The smallest absolute Gasteiger partial charge is 0.248 e. The number of amides is 1. The first-order valence-corrected chi connectivity index (χ1v) is 8.71. The highest BCUT2D eigenvalue weighted by molar-refractivity contribution is 5.77. The van der Waals surface area contributed by atoms with Gasteiger partial charge < -0.3 is 9.64 Å². The van der Waals surface area contributed by atoms with Crippen molar-refractivity contribution >= 4 is 5.91 Å². The predicted molar refractivity (Wildman–Crippen MR) is 84.4 cm³/mol. The van der Waals surface area contributed by atoms with Gasteiger partial charge >= 0.3 is 0 Å². The molecule has 1 atom stereocenters. The van der Waals surface area contributed by atoms with Gasteiger partial charge in [0.05, 0.1) is 18.7 Å². The summed E-state index contributed by atoms with van der Waals surface area (Å²) in [5.74, 6) is 0.155. The number of carbonyl (C=O) groups excluding carboxylic acids is 1. The first-order chi connectivity index (χ1) is 10.8. The molecule has 0 N–H and O–H groups in total. The maximum Gasteiger partial charge on any atom is 0.248 e. The quantitative estimate of drug-likeness (QED) is 0.840. The topological polar surface area (TPSA) is 47.4 Å². The summed E-state index contributed by atoms with van der Waals surface area (Å²) in [6, 6.07) is 2.19. The largest absolute Gasteiger partial charge is 0.368 e. The van der Waals surface area contributed by atoms with E-state index in [9.17, 15) is 4.79 Å². The van der Waals surface area contributed by atoms with E-state index in [2.05, 4.69) is 5.10 Å². The second-order valence-electron chi connectivity index (χ2n) is 6.54. The first-order valence-electron chi connectivity index (χ1n) is 8.71. The summed E-state index contributed by atoms with van der Waals surface area (Å²) in [6.07, 6.45) is 13.4. The zero-order chi connectivity index (χ0) is 15.2. The summed E-state index contributed by atoms with van der Waals surface area (Å²) in [6.45, 7) is 1.90. The summed E-state index contributed by atoms with van der Waals surface area (Å²) in [5, 5.41) is 4.27. The number of aromatic nitrogens is 2. The predicted octanol–water partition coefficient (Wildman–Crippen LogP) is 2.61. The number of nitrogens with zero attached hydrogens (tertiary/aromatic N) is 3. The third-order valence-corrected chi connectivity index (χ3v) is 4.90. The Morgan fingerprint density at radius 3 is 2.73 bits per heavy atom. The van der Waals surface area contributed by atoms with E-state index in [0.29, 0.717) is 6.10 Å². The van der Waals surface area contributed by atoms with Crippen LogP contribution in [0.5, 0.6) is 0 Å². The van der Waals surface area contributed by atoms with Crippen LogP contribution in [0.15, 0.2) is 18.5 Å². The van der Waals surface area contributed by atoms with Gasteiger partial charge in [-0.2, -0.15) is 5.10 Å². The fourth-order valence-electron chi connectivity index (χ4n) is 3.65. The minimum Gasteiger partial charge on any atom is -0.368 e. The van der Waals surface area contributed by atoms with E-state index in [1.165, 1.54) is 25.7 Å². The molecule has 2 fully saturated rings. The average Bonchev–Trinajstić information content (AvgIpc) is 3.07. The molecule has 1 aliphatic carbocycles. The highest BCUT2D eigenvalue weighted by atomic mass is 16.5. The van der Waals surface area contributed by atoms with E-state index < -0.39 is 0 Å². The number of ether oxygens (including phenoxy) is 1. The normalized spacial score (nSPS) is 23.6. The fraction of sp³-hybridized carbons (Fsp3) is 0.765. The van der Waals surface area contributed by atoms with Crippen LogP contribution in [0.3, 0.4) is 0 Å². The Kier molecular flexibility index (Phi) is 5.48. The molecule has 0 unspecified atom stereocenters. The molecule has 1 aliphatic heterocycles. The maximum atomic E-state index is 12.6. The van der Waals surface area contributed by atoms with Gasteiger partial charge in [-0.15, -0.1) is 0 Å². The molecule has 122 valence electrons. The molecule has 22 heavy (non-hydrogen) atoms. The van der Waals surface area contributed by atoms with Gasteiger partial charge in [0.2, 0.25) is 5.91 Å². The van der Waals surface area contributed by atoms with Crippen molar-refractivity contribution in [2.75, 3.05) is 13.2 Å². The molecule has 0 aromatic carbocycles. The maximum absolute atomic E-state index is 12.6. The lowest BCUT2D eigenvalue weighted by atomic mass is 9.98. The van der Waals surface area contributed by atoms with Crippen molar-refractivity contribution in [1.29, 1.82) is 0 Å². The van der Waals surface area contributed by atoms with Crippen molar-refractivity contribution in [2.24, 2.45) is 0 Å². The van der Waals surface area contributed by atoms with Gasteiger partial charge in [-0.05, 0) is 38.2 Å². The van der Waals surface area contributed by atoms with E-state index in [1.54, 1.807) is 6.20 Å². The number of rotatable bonds is 5. The van der Waals surface area contributed by atoms with Gasteiger partial charge in [0.25, 0.3) is 0 Å². The minimum absolute atomic E-state index is 0.155. The summed E-state index contributed by atoms with van der Waals surface area (Å²) in [5.41, 5.74) is 0. The van der Waals surface area contributed by atoms with Crippen molar-refractivity contribution in [1.82, 2.24) is 14.7 Å². The highest BCUT2D eigenvalue weighted by Crippen LogP contribution is 2.22. The van der Waals surface area contributed by atoms with Crippen LogP contribution < -0.4 is 0 Å². The molecule has 2 heterocycles. The summed E-state index contributed by atoms with van der Waals surface area (Å²) in [7, 11) is 0. The van der Waals surface area contributed by atoms with E-state index in [1.807, 2.05) is 21.8 Å². The lowest BCUT2D eigenvalue weighted by Gasteiger charge is -2.36. The Bertz CT molecular complexity index is 454. The molecule has 1 aromatic rings. The number of piperidine rings is 1. The molecule has 1 aromatic heterocycles. The molecule has 5 nitrogen and oxygen atoms in total. The molecule has 2 aliphatic rings. The first kappa shape index (κ1) is 15.5. The summed E-state index contributed by atoms with van der Waals surface area (Å²) in [4.78, 5) is 14.6. The van der Waals surface area contributed by atoms with Gasteiger partial charge in [0.1, 0.15) is 6.61 Å². The molecule has 5 heteroatoms. The van der Waals surface area contributed by atoms with Gasteiger partial charge in [0, 0.05) is 18.9 Å². The van der Waals surface area contributed by atoms with Crippen LogP contribution in [0.1, 0.15) is 51.4 Å². The van der Waals surface area contributed by atoms with Gasteiger partial charge in [-0.3, -0.25) is 9.48 Å². The van der Waals surface area contributed by atoms with Crippen molar-refractivity contribution in [3.63, 3.8) is 0 Å². The van der Waals surface area contributed by atoms with Crippen LogP contribution in [0.2, 0.25) is 0 Å². The molecule has 3 rings (SSSR count). The monoisotopic (exact) mass is 305 g/mol. The van der Waals surface area contributed by atoms with Crippen LogP contribution >= 0.6 is 0 Å². The van der Waals surface area contributed by atoms with E-state index >= 15 is 0 Å². The fourth-order valence-corrected chi connectivity index (χ4v) is 3.65. The Morgan fingerprint density at radius 1 is 1.14 bits per heavy atom. The molecular formula is C17H27N3O2. The zero-order valence-electron chi connectivity index (χ0n) is 13.3. The van der Waals surface area contributed by atoms with Gasteiger partial charge in [-0.25, -0.2) is 0 Å². The van der Waals surface area contributed by atoms with Crippen molar-refractivity contribution < 1.29 is 9.53 Å². The Balaban J connectivity index is 1.51. The second-order valence-corrected chi connectivity index (χ2v) is 6.54. The molecule has 1 saturated carbocycles. The Morgan fingerprint density at radius 2 is 1.95 bits per heavy atom. The minimum atomic E-state index is 0.155. The molecule has 0 bridgehead atoms. The van der Waals surface area contributed by atoms with Crippen LogP contribution in [-0.4, -0.2) is 45.9 Å². The second kappa shape index (κ2) is 7.77. The van der Waals surface area contributed by atoms with E-state index in [0.717, 1.165) is 38.8 Å². The number of hydrogen-bond donors (Lipinski definition) is 0. The molecule has 1 saturated heterocycles. The Hall–Kier alpha value is -1.36. The highest BCUT2D eigenvalue weighted by Gasteiger charge is 2.27. The van der Waals surface area contributed by atoms with E-state index in [4.69, 9.17) is 4.74 Å². The van der Waals surface area contributed by atoms with Crippen molar-refractivity contribution in [3.05, 3.63) is 18.5 Å². The van der Waals surface area contributed by atoms with Crippen molar-refractivity contribution in [3.8, 4) is 0 Å². The SMILES string of the molecule is O=C(COC1CCCCC1)N1CCCC[C@H]1Cn1cccn1. The lowest BCUT2D eigenvalue weighted by molar-refractivity contribution is -0.143. The molecule has 1 amide bonds. The number of carbonyl (C=O) groups is 1. The summed E-state index contributed by atoms with van der Waals surface area (Å²) >= 11 is 0. The summed E-state index contributed by atoms with van der Waals surface area (Å²) < 4.78 is 7.80. The van der Waals surface area contributed by atoms with E-state index in [-0.39, 0.29) is 18.6 Å². The third-order valence-electron chi connectivity index (χ3n) is 4.90. The zero-order valence-corrected chi connectivity index (χ0v) is 13.3. The van der Waals surface area contributed by atoms with Gasteiger partial charge in [0.15, 0.2) is 0 Å². The van der Waals surface area contributed by atoms with Crippen LogP contribution in [-0.2, 0) is 16.1 Å². The lowest BCUT2D eigenvalue weighted by Crippen LogP contribution is -2.47. The third kappa shape index (κ3) is 4.09. The standard InChI is InChI=1S/C17H27N3O2/c21-17(14-22-16-8-2-1-3-9-16)20-12-5-4-7-15(20)13-19-11-6-10-18-19/h6,10-11,15-16H,1-5,7-9,12-14H2/t15-/m0/s1. The van der Waals surface area contributed by atoms with Crippen molar-refractivity contribution in [2.45, 2.75) is 70.1 Å². The molecular weight excluding hydrogens is 278 g/mol. The average molecular weight is 305 g/mol. The van der Waals surface area contributed by atoms with Crippen LogP contribution in [0, 0.1) is 0 Å². The van der Waals surface area contributed by atoms with Crippen LogP contribution in [0.4, 0.5) is 0 Å². The number of hydrogen-bond acceptors (Lipinski definition) is 3. The van der Waals surface area contributed by atoms with Gasteiger partial charge in [-0.1, -0.05) is 19.3 Å².